The highest BCUT2D eigenvalue weighted by Gasteiger charge is 2.08. The number of esters is 1. The van der Waals surface area contributed by atoms with Crippen LogP contribution in [0, 0.1) is 6.92 Å². The maximum atomic E-state index is 11.8. The fraction of sp³-hybridized carbons (Fsp3) is 0.222. The molecule has 23 heavy (non-hydrogen) atoms. The highest BCUT2D eigenvalue weighted by atomic mass is 79.9. The molecule has 0 aliphatic heterocycles. The van der Waals surface area contributed by atoms with Gasteiger partial charge in [-0.05, 0) is 55.0 Å². The van der Waals surface area contributed by atoms with Crippen LogP contribution in [0.25, 0.3) is 0 Å². The zero-order valence-electron chi connectivity index (χ0n) is 13.0. The molecule has 0 saturated heterocycles. The van der Waals surface area contributed by atoms with Gasteiger partial charge in [-0.1, -0.05) is 22.9 Å². The van der Waals surface area contributed by atoms with E-state index in [1.165, 1.54) is 0 Å². The van der Waals surface area contributed by atoms with E-state index in [0.717, 1.165) is 10.0 Å². The van der Waals surface area contributed by atoms with Gasteiger partial charge in [-0.3, -0.25) is 4.79 Å². The fourth-order valence-electron chi connectivity index (χ4n) is 1.92. The summed E-state index contributed by atoms with van der Waals surface area (Å²) < 4.78 is 11.6. The van der Waals surface area contributed by atoms with Crippen molar-refractivity contribution in [3.63, 3.8) is 0 Å². The first kappa shape index (κ1) is 17.2. The van der Waals surface area contributed by atoms with Crippen molar-refractivity contribution in [2.45, 2.75) is 20.3 Å². The maximum Gasteiger partial charge on any atom is 0.349 e. The summed E-state index contributed by atoms with van der Waals surface area (Å²) in [5.74, 6) is 0.543. The second-order valence-corrected chi connectivity index (χ2v) is 5.83. The van der Waals surface area contributed by atoms with Crippen LogP contribution in [0.4, 0.5) is 0 Å². The number of hydrogen-bond acceptors (Lipinski definition) is 4. The van der Waals surface area contributed by atoms with Gasteiger partial charge < -0.3 is 9.47 Å². The first-order valence-electron chi connectivity index (χ1n) is 7.22. The third-order valence-corrected chi connectivity index (χ3v) is 4.10. The van der Waals surface area contributed by atoms with Crippen molar-refractivity contribution in [1.82, 2.24) is 0 Å². The summed E-state index contributed by atoms with van der Waals surface area (Å²) in [6.07, 6.45) is 0.444. The molecular formula is C18H17BrO4. The second-order valence-electron chi connectivity index (χ2n) is 4.97. The molecule has 5 heteroatoms. The number of Topliss-reactive ketones (excluding diaryl/α,β-unsaturated/α-hetero) is 1. The van der Waals surface area contributed by atoms with Crippen molar-refractivity contribution >= 4 is 27.7 Å². The third kappa shape index (κ3) is 4.93. The Morgan fingerprint density at radius 1 is 1.04 bits per heavy atom. The van der Waals surface area contributed by atoms with Crippen LogP contribution < -0.4 is 9.47 Å². The number of carbonyl (C=O) groups excluding carboxylic acids is 2. The Bertz CT molecular complexity index is 707. The van der Waals surface area contributed by atoms with E-state index < -0.39 is 5.97 Å². The van der Waals surface area contributed by atoms with Crippen LogP contribution in [0.1, 0.15) is 29.3 Å². The third-order valence-electron chi connectivity index (χ3n) is 3.22. The number of benzene rings is 2. The molecule has 0 amide bonds. The molecule has 0 saturated carbocycles. The van der Waals surface area contributed by atoms with E-state index >= 15 is 0 Å². The molecular weight excluding hydrogens is 360 g/mol. The zero-order chi connectivity index (χ0) is 16.8. The molecule has 0 aliphatic rings. The van der Waals surface area contributed by atoms with Gasteiger partial charge in [0.1, 0.15) is 11.5 Å². The zero-order valence-corrected chi connectivity index (χ0v) is 14.6. The number of halogens is 1. The minimum absolute atomic E-state index is 0.0526. The molecule has 2 rings (SSSR count). The number of rotatable bonds is 6. The summed E-state index contributed by atoms with van der Waals surface area (Å²) in [7, 11) is 0. The number of hydrogen-bond donors (Lipinski definition) is 0. The van der Waals surface area contributed by atoms with Crippen LogP contribution in [0.3, 0.4) is 0 Å². The van der Waals surface area contributed by atoms with Gasteiger partial charge in [0, 0.05) is 16.5 Å². The van der Waals surface area contributed by atoms with Crippen LogP contribution in [-0.4, -0.2) is 18.4 Å². The molecule has 0 bridgehead atoms. The molecule has 2 aromatic rings. The van der Waals surface area contributed by atoms with Gasteiger partial charge in [-0.15, -0.1) is 0 Å². The predicted molar refractivity (Wildman–Crippen MR) is 91.1 cm³/mol. The minimum Gasteiger partial charge on any atom is -0.482 e. The molecule has 2 aromatic carbocycles. The van der Waals surface area contributed by atoms with Crippen molar-refractivity contribution in [2.24, 2.45) is 0 Å². The Balaban J connectivity index is 1.89. The molecule has 0 spiro atoms. The first-order valence-corrected chi connectivity index (χ1v) is 8.01. The standard InChI is InChI=1S/C18H17BrO4/c1-3-17(20)13-4-6-14(7-5-13)23-18(21)11-22-15-8-9-16(19)12(2)10-15/h4-10H,3,11H2,1-2H3. The van der Waals surface area contributed by atoms with Crippen LogP contribution in [0.5, 0.6) is 11.5 Å². The average Bonchev–Trinajstić information content (AvgIpc) is 2.56. The van der Waals surface area contributed by atoms with E-state index in [-0.39, 0.29) is 12.4 Å². The second kappa shape index (κ2) is 7.92. The maximum absolute atomic E-state index is 11.8. The van der Waals surface area contributed by atoms with E-state index in [2.05, 4.69) is 15.9 Å². The lowest BCUT2D eigenvalue weighted by Crippen LogP contribution is -2.17. The Kier molecular flexibility index (Phi) is 5.93. The van der Waals surface area contributed by atoms with Crippen molar-refractivity contribution in [3.8, 4) is 11.5 Å². The van der Waals surface area contributed by atoms with E-state index in [4.69, 9.17) is 9.47 Å². The summed E-state index contributed by atoms with van der Waals surface area (Å²) in [5, 5.41) is 0. The summed E-state index contributed by atoms with van der Waals surface area (Å²) in [6, 6.07) is 12.0. The normalized spacial score (nSPS) is 10.2. The van der Waals surface area contributed by atoms with E-state index in [0.29, 0.717) is 23.5 Å². The highest BCUT2D eigenvalue weighted by Crippen LogP contribution is 2.21. The van der Waals surface area contributed by atoms with Crippen molar-refractivity contribution in [1.29, 1.82) is 0 Å². The quantitative estimate of drug-likeness (QED) is 0.427. The van der Waals surface area contributed by atoms with Crippen molar-refractivity contribution in [3.05, 3.63) is 58.1 Å². The Morgan fingerprint density at radius 3 is 2.30 bits per heavy atom. The highest BCUT2D eigenvalue weighted by molar-refractivity contribution is 9.10. The van der Waals surface area contributed by atoms with Crippen molar-refractivity contribution < 1.29 is 19.1 Å². The van der Waals surface area contributed by atoms with Crippen LogP contribution >= 0.6 is 15.9 Å². The fourth-order valence-corrected chi connectivity index (χ4v) is 2.17. The smallest absolute Gasteiger partial charge is 0.349 e. The molecule has 120 valence electrons. The van der Waals surface area contributed by atoms with Crippen molar-refractivity contribution in [2.75, 3.05) is 6.61 Å². The average molecular weight is 377 g/mol. The minimum atomic E-state index is -0.500. The Labute approximate surface area is 143 Å². The van der Waals surface area contributed by atoms with Gasteiger partial charge in [-0.25, -0.2) is 4.79 Å². The molecule has 0 aliphatic carbocycles. The summed E-state index contributed by atoms with van der Waals surface area (Å²) in [4.78, 5) is 23.3. The van der Waals surface area contributed by atoms with Gasteiger partial charge in [0.2, 0.25) is 0 Å². The first-order chi connectivity index (χ1) is 11.0. The van der Waals surface area contributed by atoms with Crippen LogP contribution in [0.15, 0.2) is 46.9 Å². The van der Waals surface area contributed by atoms with Gasteiger partial charge in [-0.2, -0.15) is 0 Å². The largest absolute Gasteiger partial charge is 0.482 e. The summed E-state index contributed by atoms with van der Waals surface area (Å²) in [5.41, 5.74) is 1.63. The lowest BCUT2D eigenvalue weighted by Gasteiger charge is -2.08. The number of aryl methyl sites for hydroxylation is 1. The lowest BCUT2D eigenvalue weighted by atomic mass is 10.1. The van der Waals surface area contributed by atoms with Gasteiger partial charge in [0.05, 0.1) is 0 Å². The SMILES string of the molecule is CCC(=O)c1ccc(OC(=O)COc2ccc(Br)c(C)c2)cc1. The summed E-state index contributed by atoms with van der Waals surface area (Å²) >= 11 is 3.40. The molecule has 0 radical (unpaired) electrons. The summed E-state index contributed by atoms with van der Waals surface area (Å²) in [6.45, 7) is 3.56. The predicted octanol–water partition coefficient (Wildman–Crippen LogP) is 4.33. The Morgan fingerprint density at radius 2 is 1.70 bits per heavy atom. The van der Waals surface area contributed by atoms with E-state index in [1.54, 1.807) is 37.3 Å². The molecule has 0 unspecified atom stereocenters. The van der Waals surface area contributed by atoms with Crippen LogP contribution in [-0.2, 0) is 4.79 Å². The molecule has 0 aromatic heterocycles. The van der Waals surface area contributed by atoms with Gasteiger partial charge in [0.15, 0.2) is 12.4 Å². The number of carbonyl (C=O) groups is 2. The Hall–Kier alpha value is -2.14. The van der Waals surface area contributed by atoms with Crippen LogP contribution in [0.2, 0.25) is 0 Å². The topological polar surface area (TPSA) is 52.6 Å². The van der Waals surface area contributed by atoms with E-state index in [9.17, 15) is 9.59 Å². The molecule has 0 heterocycles. The molecule has 4 nitrogen and oxygen atoms in total. The van der Waals surface area contributed by atoms with Gasteiger partial charge >= 0.3 is 5.97 Å². The number of ether oxygens (including phenoxy) is 2. The van der Waals surface area contributed by atoms with E-state index in [1.807, 2.05) is 19.1 Å². The number of ketones is 1. The van der Waals surface area contributed by atoms with Gasteiger partial charge in [0.25, 0.3) is 0 Å². The molecule has 0 N–H and O–H groups in total. The molecule has 0 fully saturated rings. The lowest BCUT2D eigenvalue weighted by molar-refractivity contribution is -0.136. The monoisotopic (exact) mass is 376 g/mol. The molecule has 0 atom stereocenters.